The van der Waals surface area contributed by atoms with Gasteiger partial charge in [-0.3, -0.25) is 4.79 Å². The lowest BCUT2D eigenvalue weighted by Crippen LogP contribution is -2.27. The summed E-state index contributed by atoms with van der Waals surface area (Å²) in [5.41, 5.74) is 6.19. The van der Waals surface area contributed by atoms with Gasteiger partial charge < -0.3 is 15.6 Å². The third kappa shape index (κ3) is 2.90. The summed E-state index contributed by atoms with van der Waals surface area (Å²) >= 11 is 0. The highest BCUT2D eigenvalue weighted by molar-refractivity contribution is 5.96. The Morgan fingerprint density at radius 3 is 2.85 bits per heavy atom. The van der Waals surface area contributed by atoms with Crippen molar-refractivity contribution in [3.8, 4) is 0 Å². The molecule has 0 unspecified atom stereocenters. The first-order chi connectivity index (χ1) is 9.49. The van der Waals surface area contributed by atoms with Crippen LogP contribution >= 0.6 is 0 Å². The zero-order valence-corrected chi connectivity index (χ0v) is 11.7. The molecule has 0 atom stereocenters. The van der Waals surface area contributed by atoms with Crippen LogP contribution in [0.2, 0.25) is 0 Å². The van der Waals surface area contributed by atoms with Crippen LogP contribution in [0, 0.1) is 0 Å². The fraction of sp³-hybridized carbons (Fsp3) is 0.417. The van der Waals surface area contributed by atoms with Gasteiger partial charge in [-0.15, -0.1) is 10.2 Å². The highest BCUT2D eigenvalue weighted by Gasteiger charge is 2.15. The summed E-state index contributed by atoms with van der Waals surface area (Å²) in [6.45, 7) is 4.16. The number of hydrogen-bond acceptors (Lipinski definition) is 6. The van der Waals surface area contributed by atoms with E-state index >= 15 is 0 Å². The quantitative estimate of drug-likeness (QED) is 0.826. The van der Waals surface area contributed by atoms with Gasteiger partial charge in [0.15, 0.2) is 11.5 Å². The van der Waals surface area contributed by atoms with E-state index in [9.17, 15) is 4.79 Å². The third-order valence-corrected chi connectivity index (χ3v) is 2.78. The van der Waals surface area contributed by atoms with Gasteiger partial charge in [0.2, 0.25) is 0 Å². The highest BCUT2D eigenvalue weighted by atomic mass is 16.1. The minimum absolute atomic E-state index is 0.126. The minimum Gasteiger partial charge on any atom is -0.396 e. The van der Waals surface area contributed by atoms with Crippen molar-refractivity contribution >= 4 is 11.6 Å². The van der Waals surface area contributed by atoms with Crippen molar-refractivity contribution in [2.24, 2.45) is 7.05 Å². The molecule has 2 aromatic heterocycles. The second-order valence-electron chi connectivity index (χ2n) is 4.73. The molecule has 2 rings (SSSR count). The third-order valence-electron chi connectivity index (χ3n) is 2.78. The van der Waals surface area contributed by atoms with Gasteiger partial charge in [-0.05, 0) is 0 Å². The Labute approximate surface area is 116 Å². The van der Waals surface area contributed by atoms with Crippen molar-refractivity contribution in [3.63, 3.8) is 0 Å². The summed E-state index contributed by atoms with van der Waals surface area (Å²) in [5.74, 6) is 1.01. The van der Waals surface area contributed by atoms with Gasteiger partial charge >= 0.3 is 0 Å². The number of hydrogen-bond donors (Lipinski definition) is 2. The molecular formula is C12H17N7O. The van der Waals surface area contributed by atoms with Gasteiger partial charge in [0, 0.05) is 13.0 Å². The van der Waals surface area contributed by atoms with Gasteiger partial charge in [0.25, 0.3) is 5.91 Å². The number of nitrogens with one attached hydrogen (secondary N) is 1. The van der Waals surface area contributed by atoms with E-state index in [1.807, 2.05) is 13.8 Å². The molecule has 106 valence electrons. The number of anilines is 1. The summed E-state index contributed by atoms with van der Waals surface area (Å²) in [4.78, 5) is 20.4. The lowest BCUT2D eigenvalue weighted by atomic mass is 10.2. The highest BCUT2D eigenvalue weighted by Crippen LogP contribution is 2.13. The first kappa shape index (κ1) is 13.9. The van der Waals surface area contributed by atoms with E-state index in [2.05, 4.69) is 25.5 Å². The zero-order chi connectivity index (χ0) is 14.7. The number of carbonyl (C=O) groups excluding carboxylic acids is 1. The molecular weight excluding hydrogens is 258 g/mol. The summed E-state index contributed by atoms with van der Waals surface area (Å²) in [6, 6.07) is 0. The Hall–Kier alpha value is -2.51. The lowest BCUT2D eigenvalue weighted by molar-refractivity contribution is 0.0945. The molecule has 2 aromatic rings. The average molecular weight is 275 g/mol. The van der Waals surface area contributed by atoms with E-state index in [1.165, 1.54) is 6.20 Å². The Morgan fingerprint density at radius 1 is 1.50 bits per heavy atom. The number of amides is 1. The molecule has 0 spiro atoms. The average Bonchev–Trinajstić information content (AvgIpc) is 2.81. The zero-order valence-electron chi connectivity index (χ0n) is 11.7. The van der Waals surface area contributed by atoms with Crippen molar-refractivity contribution in [2.45, 2.75) is 26.3 Å². The predicted molar refractivity (Wildman–Crippen MR) is 72.7 cm³/mol. The number of rotatable bonds is 4. The van der Waals surface area contributed by atoms with Crippen molar-refractivity contribution in [3.05, 3.63) is 29.9 Å². The van der Waals surface area contributed by atoms with E-state index in [4.69, 9.17) is 5.73 Å². The van der Waals surface area contributed by atoms with E-state index in [-0.39, 0.29) is 29.8 Å². The second-order valence-corrected chi connectivity index (χ2v) is 4.73. The molecule has 0 aliphatic heterocycles. The smallest absolute Gasteiger partial charge is 0.272 e. The van der Waals surface area contributed by atoms with Crippen LogP contribution in [0.4, 0.5) is 5.69 Å². The van der Waals surface area contributed by atoms with Crippen molar-refractivity contribution in [2.75, 3.05) is 5.73 Å². The van der Waals surface area contributed by atoms with Crippen LogP contribution in [0.15, 0.2) is 12.5 Å². The number of aryl methyl sites for hydroxylation is 1. The summed E-state index contributed by atoms with van der Waals surface area (Å²) in [5, 5.41) is 10.3. The SMILES string of the molecule is CC(C)c1ncc(N)c(C(=O)NCc2nncn2C)n1. The van der Waals surface area contributed by atoms with Gasteiger partial charge in [0.05, 0.1) is 18.4 Å². The molecule has 0 saturated heterocycles. The van der Waals surface area contributed by atoms with Gasteiger partial charge in [-0.25, -0.2) is 9.97 Å². The molecule has 0 aliphatic rings. The van der Waals surface area contributed by atoms with E-state index in [1.54, 1.807) is 17.9 Å². The summed E-state index contributed by atoms with van der Waals surface area (Å²) < 4.78 is 1.73. The molecule has 20 heavy (non-hydrogen) atoms. The molecule has 0 fully saturated rings. The van der Waals surface area contributed by atoms with Crippen LogP contribution in [0.1, 0.15) is 41.9 Å². The topological polar surface area (TPSA) is 112 Å². The van der Waals surface area contributed by atoms with Crippen LogP contribution in [0.5, 0.6) is 0 Å². The van der Waals surface area contributed by atoms with Crippen LogP contribution in [-0.2, 0) is 13.6 Å². The molecule has 0 aliphatic carbocycles. The van der Waals surface area contributed by atoms with Crippen LogP contribution in [0.25, 0.3) is 0 Å². The maximum absolute atomic E-state index is 12.1. The largest absolute Gasteiger partial charge is 0.396 e. The summed E-state index contributed by atoms with van der Waals surface area (Å²) in [6.07, 6.45) is 3.02. The van der Waals surface area contributed by atoms with Crippen LogP contribution in [-0.4, -0.2) is 30.6 Å². The minimum atomic E-state index is -0.352. The van der Waals surface area contributed by atoms with Gasteiger partial charge in [-0.1, -0.05) is 13.8 Å². The molecule has 1 amide bonds. The van der Waals surface area contributed by atoms with Crippen molar-refractivity contribution in [1.29, 1.82) is 0 Å². The molecule has 8 nitrogen and oxygen atoms in total. The molecule has 3 N–H and O–H groups in total. The first-order valence-corrected chi connectivity index (χ1v) is 6.22. The predicted octanol–water partition coefficient (Wildman–Crippen LogP) is 0.241. The maximum atomic E-state index is 12.1. The summed E-state index contributed by atoms with van der Waals surface area (Å²) in [7, 11) is 1.80. The molecule has 2 heterocycles. The standard InChI is InChI=1S/C12H17N7O/c1-7(2)11-14-4-8(13)10(17-11)12(20)15-5-9-18-16-6-19(9)3/h4,6-7H,5,13H2,1-3H3,(H,15,20). The number of carbonyl (C=O) groups is 1. The Balaban J connectivity index is 2.13. The molecule has 0 radical (unpaired) electrons. The Kier molecular flexibility index (Phi) is 3.92. The fourth-order valence-corrected chi connectivity index (χ4v) is 1.58. The van der Waals surface area contributed by atoms with Crippen LogP contribution < -0.4 is 11.1 Å². The second kappa shape index (κ2) is 5.64. The van der Waals surface area contributed by atoms with E-state index < -0.39 is 0 Å². The lowest BCUT2D eigenvalue weighted by Gasteiger charge is -2.09. The number of nitrogens with two attached hydrogens (primary N) is 1. The normalized spacial score (nSPS) is 10.8. The van der Waals surface area contributed by atoms with E-state index in [0.717, 1.165) is 0 Å². The molecule has 8 heteroatoms. The molecule has 0 bridgehead atoms. The maximum Gasteiger partial charge on any atom is 0.272 e. The van der Waals surface area contributed by atoms with E-state index in [0.29, 0.717) is 11.6 Å². The monoisotopic (exact) mass is 275 g/mol. The first-order valence-electron chi connectivity index (χ1n) is 6.22. The van der Waals surface area contributed by atoms with Gasteiger partial charge in [-0.2, -0.15) is 0 Å². The van der Waals surface area contributed by atoms with Crippen molar-refractivity contribution < 1.29 is 4.79 Å². The van der Waals surface area contributed by atoms with Crippen molar-refractivity contribution in [1.82, 2.24) is 30.0 Å². The molecule has 0 aromatic carbocycles. The number of nitrogen functional groups attached to an aromatic ring is 1. The number of aromatic nitrogens is 5. The Morgan fingerprint density at radius 2 is 2.25 bits per heavy atom. The van der Waals surface area contributed by atoms with Crippen LogP contribution in [0.3, 0.4) is 0 Å². The number of nitrogens with zero attached hydrogens (tertiary/aromatic N) is 5. The van der Waals surface area contributed by atoms with Gasteiger partial charge in [0.1, 0.15) is 12.2 Å². The fourth-order valence-electron chi connectivity index (χ4n) is 1.58. The Bertz CT molecular complexity index is 620. The molecule has 0 saturated carbocycles.